The average molecular weight is 397 g/mol. The van der Waals surface area contributed by atoms with Crippen molar-refractivity contribution < 1.29 is 9.53 Å². The Kier molecular flexibility index (Phi) is 6.18. The molecule has 2 unspecified atom stereocenters. The minimum absolute atomic E-state index is 0. The number of aromatic nitrogens is 2. The summed E-state index contributed by atoms with van der Waals surface area (Å²) in [7, 11) is 3.95. The predicted molar refractivity (Wildman–Crippen MR) is 107 cm³/mol. The zero-order valence-corrected chi connectivity index (χ0v) is 17.5. The van der Waals surface area contributed by atoms with Gasteiger partial charge in [-0.25, -0.2) is 0 Å². The van der Waals surface area contributed by atoms with Crippen LogP contribution in [0.5, 0.6) is 0 Å². The van der Waals surface area contributed by atoms with Gasteiger partial charge in [-0.3, -0.25) is 9.48 Å². The van der Waals surface area contributed by atoms with E-state index in [9.17, 15) is 4.79 Å². The van der Waals surface area contributed by atoms with Gasteiger partial charge in [-0.05, 0) is 31.7 Å². The summed E-state index contributed by atoms with van der Waals surface area (Å²) in [5, 5.41) is 7.72. The second-order valence-corrected chi connectivity index (χ2v) is 8.40. The molecule has 1 aromatic rings. The molecule has 0 bridgehead atoms. The van der Waals surface area contributed by atoms with Crippen molar-refractivity contribution in [2.24, 2.45) is 18.4 Å². The number of carbonyl (C=O) groups is 1. The van der Waals surface area contributed by atoms with Crippen LogP contribution in [-0.2, 0) is 16.6 Å². The summed E-state index contributed by atoms with van der Waals surface area (Å²) in [6.07, 6.45) is 10.2. The summed E-state index contributed by atoms with van der Waals surface area (Å²) in [6.45, 7) is 4.46. The average Bonchev–Trinajstić information content (AvgIpc) is 3.36. The van der Waals surface area contributed by atoms with Crippen LogP contribution in [0.15, 0.2) is 12.4 Å². The van der Waals surface area contributed by atoms with Crippen molar-refractivity contribution in [1.29, 1.82) is 0 Å². The lowest BCUT2D eigenvalue weighted by Gasteiger charge is -2.57. The van der Waals surface area contributed by atoms with E-state index < -0.39 is 0 Å². The minimum atomic E-state index is 0. The number of ether oxygens (including phenoxy) is 1. The second-order valence-electron chi connectivity index (χ2n) is 8.40. The molecule has 2 aliphatic carbocycles. The number of amides is 1. The Hall–Kier alpha value is -1.11. The molecule has 2 heterocycles. The molecule has 1 aliphatic heterocycles. The van der Waals surface area contributed by atoms with Crippen LogP contribution in [0.25, 0.3) is 0 Å². The van der Waals surface area contributed by atoms with E-state index >= 15 is 0 Å². The van der Waals surface area contributed by atoms with Crippen LogP contribution in [-0.4, -0.2) is 59.5 Å². The van der Waals surface area contributed by atoms with Crippen LogP contribution in [0.3, 0.4) is 0 Å². The molecule has 3 aliphatic rings. The molecular weight excluding hydrogens is 364 g/mol. The first-order valence-electron chi connectivity index (χ1n) is 10.1. The molecule has 0 radical (unpaired) electrons. The third-order valence-corrected chi connectivity index (χ3v) is 7.14. The Bertz CT molecular complexity index is 658. The van der Waals surface area contributed by atoms with E-state index in [1.165, 1.54) is 31.2 Å². The molecule has 152 valence electrons. The molecule has 2 saturated carbocycles. The molecule has 3 fully saturated rings. The van der Waals surface area contributed by atoms with Crippen LogP contribution in [0.4, 0.5) is 0 Å². The van der Waals surface area contributed by atoms with Gasteiger partial charge in [-0.2, -0.15) is 5.10 Å². The van der Waals surface area contributed by atoms with Gasteiger partial charge in [-0.1, -0.05) is 12.8 Å². The molecule has 1 saturated heterocycles. The zero-order chi connectivity index (χ0) is 18.3. The molecule has 6 nitrogen and oxygen atoms in total. The molecule has 27 heavy (non-hydrogen) atoms. The first-order chi connectivity index (χ1) is 12.6. The van der Waals surface area contributed by atoms with Gasteiger partial charge < -0.3 is 15.0 Å². The van der Waals surface area contributed by atoms with Gasteiger partial charge in [0.15, 0.2) is 0 Å². The Balaban J connectivity index is 0.00000210. The van der Waals surface area contributed by atoms with Crippen LogP contribution in [0.1, 0.15) is 50.5 Å². The lowest BCUT2D eigenvalue weighted by molar-refractivity contribution is -0.174. The number of halogens is 1. The molecule has 1 N–H and O–H groups in total. The highest BCUT2D eigenvalue weighted by atomic mass is 35.5. The van der Waals surface area contributed by atoms with E-state index in [1.54, 1.807) is 0 Å². The highest BCUT2D eigenvalue weighted by Crippen LogP contribution is 2.56. The van der Waals surface area contributed by atoms with Crippen LogP contribution < -0.4 is 5.32 Å². The summed E-state index contributed by atoms with van der Waals surface area (Å²) in [6, 6.07) is 0.337. The molecule has 4 rings (SSSR count). The molecule has 7 heteroatoms. The molecule has 4 atom stereocenters. The molecule has 1 aromatic heterocycles. The molecule has 1 spiro atoms. The first-order valence-corrected chi connectivity index (χ1v) is 10.1. The van der Waals surface area contributed by atoms with Crippen molar-refractivity contribution in [1.82, 2.24) is 20.0 Å². The normalized spacial score (nSPS) is 31.5. The third kappa shape index (κ3) is 3.40. The van der Waals surface area contributed by atoms with Crippen molar-refractivity contribution in [3.8, 4) is 0 Å². The van der Waals surface area contributed by atoms with Crippen molar-refractivity contribution in [2.45, 2.75) is 57.1 Å². The van der Waals surface area contributed by atoms with E-state index in [1.807, 2.05) is 31.2 Å². The standard InChI is InChI=1S/C20H32N4O2.ClH/c1-4-26-18-9-17(20(18)7-5-6-8-20)24(3)19(25)16-12-21-11-15(16)14-10-22-23(2)13-14;/h10,13,15-18,21H,4-9,11-12H2,1-3H3;1H/t15-,16+,17?,18?;/m1./s1. The monoisotopic (exact) mass is 396 g/mol. The third-order valence-electron chi connectivity index (χ3n) is 7.14. The van der Waals surface area contributed by atoms with Crippen molar-refractivity contribution in [2.75, 3.05) is 26.7 Å². The number of hydrogen-bond acceptors (Lipinski definition) is 4. The smallest absolute Gasteiger partial charge is 0.227 e. The van der Waals surface area contributed by atoms with Crippen molar-refractivity contribution in [3.05, 3.63) is 18.0 Å². The van der Waals surface area contributed by atoms with Gasteiger partial charge in [0.25, 0.3) is 0 Å². The Morgan fingerprint density at radius 2 is 2.15 bits per heavy atom. The van der Waals surface area contributed by atoms with E-state index in [2.05, 4.69) is 22.2 Å². The lowest BCUT2D eigenvalue weighted by Crippen LogP contribution is -2.64. The summed E-state index contributed by atoms with van der Waals surface area (Å²) in [5.74, 6) is 0.518. The Morgan fingerprint density at radius 3 is 2.78 bits per heavy atom. The van der Waals surface area contributed by atoms with Crippen molar-refractivity contribution >= 4 is 18.3 Å². The van der Waals surface area contributed by atoms with Crippen LogP contribution in [0, 0.1) is 11.3 Å². The number of hydrogen-bond donors (Lipinski definition) is 1. The number of carbonyl (C=O) groups excluding carboxylic acids is 1. The molecule has 0 aromatic carbocycles. The van der Waals surface area contributed by atoms with Gasteiger partial charge in [0.1, 0.15) is 0 Å². The Morgan fingerprint density at radius 1 is 1.41 bits per heavy atom. The fourth-order valence-corrected chi connectivity index (χ4v) is 5.73. The predicted octanol–water partition coefficient (Wildman–Crippen LogP) is 2.34. The van der Waals surface area contributed by atoms with Gasteiger partial charge in [0, 0.05) is 57.4 Å². The van der Waals surface area contributed by atoms with Crippen LogP contribution >= 0.6 is 12.4 Å². The van der Waals surface area contributed by atoms with Gasteiger partial charge in [-0.15, -0.1) is 12.4 Å². The molecule has 1 amide bonds. The summed E-state index contributed by atoms with van der Waals surface area (Å²) >= 11 is 0. The Labute approximate surface area is 168 Å². The summed E-state index contributed by atoms with van der Waals surface area (Å²) < 4.78 is 7.86. The van der Waals surface area contributed by atoms with Gasteiger partial charge in [0.2, 0.25) is 5.91 Å². The highest BCUT2D eigenvalue weighted by molar-refractivity contribution is 5.85. The number of nitrogens with one attached hydrogen (secondary N) is 1. The van der Waals surface area contributed by atoms with Gasteiger partial charge >= 0.3 is 0 Å². The fraction of sp³-hybridized carbons (Fsp3) is 0.800. The number of nitrogens with zero attached hydrogens (tertiary/aromatic N) is 3. The topological polar surface area (TPSA) is 59.4 Å². The maximum absolute atomic E-state index is 13.4. The minimum Gasteiger partial charge on any atom is -0.378 e. The molecular formula is C20H33ClN4O2. The van der Waals surface area contributed by atoms with Crippen molar-refractivity contribution in [3.63, 3.8) is 0 Å². The van der Waals surface area contributed by atoms with E-state index in [0.29, 0.717) is 12.1 Å². The first kappa shape index (κ1) is 20.6. The zero-order valence-electron chi connectivity index (χ0n) is 16.7. The van der Waals surface area contributed by atoms with E-state index in [0.717, 1.165) is 26.1 Å². The van der Waals surface area contributed by atoms with Crippen LogP contribution in [0.2, 0.25) is 0 Å². The maximum Gasteiger partial charge on any atom is 0.227 e. The van der Waals surface area contributed by atoms with Gasteiger partial charge in [0.05, 0.1) is 18.2 Å². The number of rotatable bonds is 5. The quantitative estimate of drug-likeness (QED) is 0.829. The lowest BCUT2D eigenvalue weighted by atomic mass is 9.60. The SMILES string of the molecule is CCOC1CC(N(C)C(=O)[C@H]2CNC[C@@H]2c2cnn(C)c2)C12CCCC2.Cl. The summed E-state index contributed by atoms with van der Waals surface area (Å²) in [5.41, 5.74) is 1.37. The van der Waals surface area contributed by atoms with E-state index in [4.69, 9.17) is 4.74 Å². The maximum atomic E-state index is 13.4. The second kappa shape index (κ2) is 8.10. The summed E-state index contributed by atoms with van der Waals surface area (Å²) in [4.78, 5) is 15.5. The largest absolute Gasteiger partial charge is 0.378 e. The fourth-order valence-electron chi connectivity index (χ4n) is 5.73. The number of aryl methyl sites for hydroxylation is 1. The highest BCUT2D eigenvalue weighted by Gasteiger charge is 2.59. The van der Waals surface area contributed by atoms with E-state index in [-0.39, 0.29) is 35.6 Å².